The van der Waals surface area contributed by atoms with Crippen molar-refractivity contribution in [3.63, 3.8) is 0 Å². The van der Waals surface area contributed by atoms with Crippen molar-refractivity contribution in [1.82, 2.24) is 15.4 Å². The van der Waals surface area contributed by atoms with Crippen LogP contribution in [-0.2, 0) is 11.3 Å². The molecule has 1 aliphatic heterocycles. The average molecular weight is 277 g/mol. The van der Waals surface area contributed by atoms with Crippen molar-refractivity contribution >= 4 is 5.91 Å². The summed E-state index contributed by atoms with van der Waals surface area (Å²) in [7, 11) is 0. The van der Waals surface area contributed by atoms with E-state index in [-0.39, 0.29) is 11.8 Å². The first-order valence-corrected chi connectivity index (χ1v) is 7.58. The second kappa shape index (κ2) is 5.56. The fourth-order valence-electron chi connectivity index (χ4n) is 3.03. The normalized spacial score (nSPS) is 23.8. The lowest BCUT2D eigenvalue weighted by Crippen LogP contribution is -2.42. The fourth-order valence-corrected chi connectivity index (χ4v) is 3.03. The molecule has 0 spiro atoms. The van der Waals surface area contributed by atoms with Gasteiger partial charge in [-0.25, -0.2) is 0 Å². The minimum absolute atomic E-state index is 0.264. The largest absolute Gasteiger partial charge is 0.361 e. The number of likely N-dealkylation sites (tertiary alicyclic amines) is 1. The molecule has 5 heteroatoms. The molecule has 1 aromatic heterocycles. The summed E-state index contributed by atoms with van der Waals surface area (Å²) in [6.07, 6.45) is 4.39. The molecule has 2 aliphatic rings. The molecule has 1 amide bonds. The van der Waals surface area contributed by atoms with Gasteiger partial charge in [-0.1, -0.05) is 11.6 Å². The minimum atomic E-state index is 0.264. The summed E-state index contributed by atoms with van der Waals surface area (Å²) >= 11 is 0. The van der Waals surface area contributed by atoms with E-state index >= 15 is 0 Å². The Hall–Kier alpha value is -1.36. The second-order valence-corrected chi connectivity index (χ2v) is 6.16. The Morgan fingerprint density at radius 3 is 2.80 bits per heavy atom. The van der Waals surface area contributed by atoms with Crippen LogP contribution in [0.25, 0.3) is 0 Å². The van der Waals surface area contributed by atoms with Gasteiger partial charge >= 0.3 is 0 Å². The van der Waals surface area contributed by atoms with Crippen LogP contribution in [0.2, 0.25) is 0 Å². The molecule has 0 bridgehead atoms. The average Bonchev–Trinajstić information content (AvgIpc) is 2.89. The first kappa shape index (κ1) is 13.6. The zero-order valence-corrected chi connectivity index (χ0v) is 12.3. The Morgan fingerprint density at radius 2 is 2.20 bits per heavy atom. The quantitative estimate of drug-likeness (QED) is 0.911. The Kier molecular flexibility index (Phi) is 3.78. The van der Waals surface area contributed by atoms with Crippen LogP contribution in [0, 0.1) is 19.8 Å². The van der Waals surface area contributed by atoms with Crippen LogP contribution < -0.4 is 5.32 Å². The highest BCUT2D eigenvalue weighted by Gasteiger charge is 2.30. The number of rotatable bonds is 4. The van der Waals surface area contributed by atoms with E-state index in [2.05, 4.69) is 15.4 Å². The van der Waals surface area contributed by atoms with Gasteiger partial charge < -0.3 is 9.84 Å². The monoisotopic (exact) mass is 277 g/mol. The maximum absolute atomic E-state index is 12.0. The summed E-state index contributed by atoms with van der Waals surface area (Å²) in [4.78, 5) is 14.3. The molecule has 0 aromatic carbocycles. The first-order valence-electron chi connectivity index (χ1n) is 7.58. The lowest BCUT2D eigenvalue weighted by Gasteiger charge is -2.26. The number of carbonyl (C=O) groups is 1. The van der Waals surface area contributed by atoms with E-state index in [1.807, 2.05) is 13.8 Å². The van der Waals surface area contributed by atoms with Gasteiger partial charge in [0.25, 0.3) is 0 Å². The molecule has 1 saturated carbocycles. The van der Waals surface area contributed by atoms with E-state index in [1.54, 1.807) is 0 Å². The van der Waals surface area contributed by atoms with Crippen LogP contribution in [0.5, 0.6) is 0 Å². The lowest BCUT2D eigenvalue weighted by atomic mass is 9.84. The highest BCUT2D eigenvalue weighted by molar-refractivity contribution is 5.79. The topological polar surface area (TPSA) is 58.4 Å². The predicted octanol–water partition coefficient (Wildman–Crippen LogP) is 1.78. The molecule has 0 radical (unpaired) electrons. The number of aryl methyl sites for hydroxylation is 2. The zero-order valence-electron chi connectivity index (χ0n) is 12.3. The zero-order chi connectivity index (χ0) is 14.1. The van der Waals surface area contributed by atoms with Gasteiger partial charge in [-0.2, -0.15) is 0 Å². The molecule has 0 unspecified atom stereocenters. The summed E-state index contributed by atoms with van der Waals surface area (Å²) in [5.41, 5.74) is 2.17. The Morgan fingerprint density at radius 1 is 1.40 bits per heavy atom. The molecule has 2 fully saturated rings. The van der Waals surface area contributed by atoms with Gasteiger partial charge in [-0.05, 0) is 33.1 Å². The van der Waals surface area contributed by atoms with E-state index in [0.29, 0.717) is 6.04 Å². The van der Waals surface area contributed by atoms with Gasteiger partial charge in [-0.3, -0.25) is 9.69 Å². The van der Waals surface area contributed by atoms with Crippen LogP contribution >= 0.6 is 0 Å². The maximum atomic E-state index is 12.0. The number of hydrogen-bond donors (Lipinski definition) is 1. The lowest BCUT2D eigenvalue weighted by molar-refractivity contribution is -0.128. The summed E-state index contributed by atoms with van der Waals surface area (Å²) in [5.74, 6) is 1.46. The molecule has 3 rings (SSSR count). The Labute approximate surface area is 119 Å². The SMILES string of the molecule is Cc1noc(C)c1CN1CC[C@@H](NC(=O)C2CCC2)C1. The summed E-state index contributed by atoms with van der Waals surface area (Å²) in [6, 6.07) is 0.309. The van der Waals surface area contributed by atoms with E-state index in [4.69, 9.17) is 4.52 Å². The number of carbonyl (C=O) groups excluding carboxylic acids is 1. The van der Waals surface area contributed by atoms with E-state index in [0.717, 1.165) is 50.4 Å². The van der Waals surface area contributed by atoms with Crippen LogP contribution in [-0.4, -0.2) is 35.1 Å². The van der Waals surface area contributed by atoms with Crippen LogP contribution in [0.3, 0.4) is 0 Å². The molecule has 2 heterocycles. The van der Waals surface area contributed by atoms with Crippen molar-refractivity contribution in [3.05, 3.63) is 17.0 Å². The van der Waals surface area contributed by atoms with E-state index in [1.165, 1.54) is 12.0 Å². The number of aromatic nitrogens is 1. The summed E-state index contributed by atoms with van der Waals surface area (Å²) < 4.78 is 5.20. The smallest absolute Gasteiger partial charge is 0.223 e. The third-order valence-electron chi connectivity index (χ3n) is 4.66. The number of nitrogens with zero attached hydrogens (tertiary/aromatic N) is 2. The molecule has 5 nitrogen and oxygen atoms in total. The van der Waals surface area contributed by atoms with Crippen molar-refractivity contribution in [3.8, 4) is 0 Å². The van der Waals surface area contributed by atoms with Crippen molar-refractivity contribution < 1.29 is 9.32 Å². The number of nitrogens with one attached hydrogen (secondary N) is 1. The van der Waals surface area contributed by atoms with Crippen LogP contribution in [0.4, 0.5) is 0 Å². The maximum Gasteiger partial charge on any atom is 0.223 e. The minimum Gasteiger partial charge on any atom is -0.361 e. The summed E-state index contributed by atoms with van der Waals surface area (Å²) in [6.45, 7) is 6.78. The van der Waals surface area contributed by atoms with E-state index in [9.17, 15) is 4.79 Å². The third-order valence-corrected chi connectivity index (χ3v) is 4.66. The molecular formula is C15H23N3O2. The van der Waals surface area contributed by atoms with Gasteiger partial charge in [0.1, 0.15) is 5.76 Å². The fraction of sp³-hybridized carbons (Fsp3) is 0.733. The number of amides is 1. The molecular weight excluding hydrogens is 254 g/mol. The van der Waals surface area contributed by atoms with E-state index < -0.39 is 0 Å². The molecule has 1 atom stereocenters. The molecule has 20 heavy (non-hydrogen) atoms. The molecule has 1 aromatic rings. The molecule has 1 N–H and O–H groups in total. The van der Waals surface area contributed by atoms with Crippen molar-refractivity contribution in [2.45, 2.75) is 52.1 Å². The highest BCUT2D eigenvalue weighted by atomic mass is 16.5. The second-order valence-electron chi connectivity index (χ2n) is 6.16. The third kappa shape index (κ3) is 2.73. The highest BCUT2D eigenvalue weighted by Crippen LogP contribution is 2.27. The van der Waals surface area contributed by atoms with Gasteiger partial charge in [0, 0.05) is 37.2 Å². The Balaban J connectivity index is 1.50. The van der Waals surface area contributed by atoms with Crippen molar-refractivity contribution in [2.24, 2.45) is 5.92 Å². The molecule has 1 saturated heterocycles. The van der Waals surface area contributed by atoms with Gasteiger partial charge in [0.15, 0.2) is 0 Å². The van der Waals surface area contributed by atoms with Gasteiger partial charge in [0.2, 0.25) is 5.91 Å². The van der Waals surface area contributed by atoms with Gasteiger partial charge in [0.05, 0.1) is 5.69 Å². The molecule has 1 aliphatic carbocycles. The Bertz CT molecular complexity index is 474. The van der Waals surface area contributed by atoms with Crippen molar-refractivity contribution in [1.29, 1.82) is 0 Å². The number of hydrogen-bond acceptors (Lipinski definition) is 4. The van der Waals surface area contributed by atoms with Crippen molar-refractivity contribution in [2.75, 3.05) is 13.1 Å². The molecule has 110 valence electrons. The first-order chi connectivity index (χ1) is 9.63. The predicted molar refractivity (Wildman–Crippen MR) is 75.1 cm³/mol. The summed E-state index contributed by atoms with van der Waals surface area (Å²) in [5, 5.41) is 7.20. The van der Waals surface area contributed by atoms with Gasteiger partial charge in [-0.15, -0.1) is 0 Å². The standard InChI is InChI=1S/C15H23N3O2/c1-10-14(11(2)20-17-10)9-18-7-6-13(8-18)16-15(19)12-4-3-5-12/h12-13H,3-9H2,1-2H3,(H,16,19)/t13-/m1/s1. The van der Waals surface area contributed by atoms with Crippen LogP contribution in [0.1, 0.15) is 42.7 Å². The van der Waals surface area contributed by atoms with Crippen LogP contribution in [0.15, 0.2) is 4.52 Å².